The Hall–Kier alpha value is -2.48. The molecule has 0 amide bonds. The van der Waals surface area contributed by atoms with Crippen LogP contribution < -0.4 is 16.0 Å². The molecule has 0 bridgehead atoms. The molecule has 0 saturated heterocycles. The minimum absolute atomic E-state index is 0.0742. The number of rotatable bonds is 2. The van der Waals surface area contributed by atoms with Gasteiger partial charge >= 0.3 is 11.3 Å². The van der Waals surface area contributed by atoms with Gasteiger partial charge in [0, 0.05) is 11.1 Å². The summed E-state index contributed by atoms with van der Waals surface area (Å²) in [5, 5.41) is 3.15. The molecule has 3 aromatic heterocycles. The van der Waals surface area contributed by atoms with E-state index in [0.29, 0.717) is 10.6 Å². The summed E-state index contributed by atoms with van der Waals surface area (Å²) >= 11 is 1.23. The lowest BCUT2D eigenvalue weighted by atomic mass is 10.1. The number of carbonyl (C=O) groups is 1. The van der Waals surface area contributed by atoms with E-state index in [0.717, 1.165) is 41.6 Å². The molecule has 8 heteroatoms. The maximum Gasteiger partial charge on any atom is 0.438 e. The van der Waals surface area contributed by atoms with Crippen LogP contribution in [0.5, 0.6) is 0 Å². The number of aryl methyl sites for hydroxylation is 3. The highest BCUT2D eigenvalue weighted by Gasteiger charge is 2.31. The molecular weight excluding hydrogens is 328 g/mol. The summed E-state index contributed by atoms with van der Waals surface area (Å²) in [5.74, 6) is -0.441. The van der Waals surface area contributed by atoms with E-state index in [9.17, 15) is 9.59 Å². The van der Waals surface area contributed by atoms with Gasteiger partial charge in [0.05, 0.1) is 5.69 Å². The summed E-state index contributed by atoms with van der Waals surface area (Å²) in [6, 6.07) is 2.06. The smallest absolute Gasteiger partial charge is 0.397 e. The van der Waals surface area contributed by atoms with Crippen LogP contribution in [0.15, 0.2) is 15.4 Å². The molecule has 7 nitrogen and oxygen atoms in total. The lowest BCUT2D eigenvalue weighted by molar-refractivity contribution is -0.741. The van der Waals surface area contributed by atoms with Crippen molar-refractivity contribution in [2.24, 2.45) is 7.05 Å². The Morgan fingerprint density at radius 1 is 1.38 bits per heavy atom. The number of ketones is 1. The fourth-order valence-corrected chi connectivity index (χ4v) is 4.24. The molecule has 0 saturated carbocycles. The van der Waals surface area contributed by atoms with Gasteiger partial charge in [-0.05, 0) is 42.6 Å². The van der Waals surface area contributed by atoms with E-state index in [-0.39, 0.29) is 5.69 Å². The van der Waals surface area contributed by atoms with Gasteiger partial charge in [-0.1, -0.05) is 11.1 Å². The van der Waals surface area contributed by atoms with Crippen LogP contribution in [0.2, 0.25) is 0 Å². The maximum absolute atomic E-state index is 12.7. The summed E-state index contributed by atoms with van der Waals surface area (Å²) in [5.41, 5.74) is 8.15. The highest BCUT2D eigenvalue weighted by atomic mass is 32.1. The van der Waals surface area contributed by atoms with Crippen molar-refractivity contribution >= 4 is 33.0 Å². The molecule has 0 fully saturated rings. The third kappa shape index (κ3) is 2.25. The number of hydrogen-bond acceptors (Lipinski definition) is 6. The highest BCUT2D eigenvalue weighted by Crippen LogP contribution is 2.35. The second-order valence-corrected chi connectivity index (χ2v) is 7.07. The molecule has 4 rings (SSSR count). The Balaban J connectivity index is 1.87. The molecule has 3 aromatic rings. The first-order valence-corrected chi connectivity index (χ1v) is 8.71. The topological polar surface area (TPSA) is 106 Å². The monoisotopic (exact) mass is 345 g/mol. The number of nitrogens with two attached hydrogens (primary N) is 1. The molecule has 1 aliphatic rings. The second-order valence-electron chi connectivity index (χ2n) is 6.07. The summed E-state index contributed by atoms with van der Waals surface area (Å²) < 4.78 is 5.92. The lowest BCUT2D eigenvalue weighted by Gasteiger charge is -2.04. The van der Waals surface area contributed by atoms with Crippen LogP contribution in [-0.4, -0.2) is 16.0 Å². The number of carbonyl (C=O) groups excluding carboxylic acids is 1. The predicted molar refractivity (Wildman–Crippen MR) is 89.2 cm³/mol. The van der Waals surface area contributed by atoms with Gasteiger partial charge in [-0.25, -0.2) is 9.78 Å². The zero-order valence-corrected chi connectivity index (χ0v) is 14.0. The SMILES string of the molecule is C[n+]1[nH]oc(=O)c1C(=O)c1sc2nc3c(cc2c1N)CCCCC3. The molecule has 0 atom stereocenters. The van der Waals surface area contributed by atoms with Crippen LogP contribution in [-0.2, 0) is 19.9 Å². The fourth-order valence-electron chi connectivity index (χ4n) is 3.20. The Bertz CT molecular complexity index is 1010. The van der Waals surface area contributed by atoms with Crippen molar-refractivity contribution in [3.63, 3.8) is 0 Å². The van der Waals surface area contributed by atoms with Crippen LogP contribution in [0, 0.1) is 0 Å². The number of aromatic nitrogens is 3. The summed E-state index contributed by atoms with van der Waals surface area (Å²) in [6.07, 6.45) is 5.45. The number of fused-ring (bicyclic) bond motifs is 2. The van der Waals surface area contributed by atoms with Crippen molar-refractivity contribution in [1.82, 2.24) is 10.3 Å². The van der Waals surface area contributed by atoms with Crippen molar-refractivity contribution in [3.8, 4) is 0 Å². The Morgan fingerprint density at radius 3 is 2.92 bits per heavy atom. The van der Waals surface area contributed by atoms with Crippen molar-refractivity contribution in [2.75, 3.05) is 5.73 Å². The first-order chi connectivity index (χ1) is 11.6. The molecule has 0 spiro atoms. The van der Waals surface area contributed by atoms with E-state index in [2.05, 4.69) is 15.9 Å². The van der Waals surface area contributed by atoms with Crippen molar-refractivity contribution in [1.29, 1.82) is 0 Å². The molecule has 0 radical (unpaired) electrons. The number of anilines is 1. The minimum Gasteiger partial charge on any atom is -0.397 e. The van der Waals surface area contributed by atoms with E-state index in [1.54, 1.807) is 7.05 Å². The molecule has 3 N–H and O–H groups in total. The number of aromatic amines is 1. The summed E-state index contributed by atoms with van der Waals surface area (Å²) in [6.45, 7) is 0. The predicted octanol–water partition coefficient (Wildman–Crippen LogP) is 1.48. The Kier molecular flexibility index (Phi) is 3.49. The van der Waals surface area contributed by atoms with Crippen LogP contribution in [0.25, 0.3) is 10.2 Å². The second kappa shape index (κ2) is 5.55. The minimum atomic E-state index is -0.705. The van der Waals surface area contributed by atoms with Gasteiger partial charge in [0.2, 0.25) is 0 Å². The average Bonchev–Trinajstić information content (AvgIpc) is 2.95. The normalized spacial score (nSPS) is 14.5. The van der Waals surface area contributed by atoms with Crippen LogP contribution in [0.4, 0.5) is 5.69 Å². The van der Waals surface area contributed by atoms with E-state index < -0.39 is 11.4 Å². The zero-order chi connectivity index (χ0) is 16.8. The third-order valence-corrected chi connectivity index (χ3v) is 5.59. The maximum atomic E-state index is 12.7. The molecule has 24 heavy (non-hydrogen) atoms. The van der Waals surface area contributed by atoms with Crippen molar-refractivity contribution < 1.29 is 14.0 Å². The van der Waals surface area contributed by atoms with E-state index in [4.69, 9.17) is 10.7 Å². The van der Waals surface area contributed by atoms with E-state index >= 15 is 0 Å². The third-order valence-electron chi connectivity index (χ3n) is 4.47. The van der Waals surface area contributed by atoms with Gasteiger partial charge in [-0.15, -0.1) is 11.3 Å². The Labute approximate surface area is 141 Å². The molecule has 1 aliphatic carbocycles. The average molecular weight is 345 g/mol. The lowest BCUT2D eigenvalue weighted by Crippen LogP contribution is -2.39. The molecular formula is C16H17N4O3S+. The number of hydrogen-bond donors (Lipinski definition) is 2. The van der Waals surface area contributed by atoms with Gasteiger partial charge < -0.3 is 5.73 Å². The fraction of sp³-hybridized carbons (Fsp3) is 0.375. The highest BCUT2D eigenvalue weighted by molar-refractivity contribution is 7.21. The van der Waals surface area contributed by atoms with Gasteiger partial charge in [0.1, 0.15) is 9.71 Å². The number of H-pyrrole nitrogens is 1. The number of nitrogens with zero attached hydrogens (tertiary/aromatic N) is 2. The van der Waals surface area contributed by atoms with Crippen LogP contribution in [0.1, 0.15) is 45.9 Å². The largest absolute Gasteiger partial charge is 0.438 e. The molecule has 0 aliphatic heterocycles. The number of nitrogens with one attached hydrogen (secondary N) is 1. The van der Waals surface area contributed by atoms with E-state index in [1.165, 1.54) is 28.0 Å². The van der Waals surface area contributed by atoms with Crippen LogP contribution >= 0.6 is 11.3 Å². The van der Waals surface area contributed by atoms with Crippen molar-refractivity contribution in [3.05, 3.63) is 38.3 Å². The molecule has 3 heterocycles. The standard InChI is InChI=1S/C16H16N4O3S/c1-20-12(16(22)23-19-20)13(21)14-11(17)9-7-8-5-3-2-4-6-10(8)18-15(9)24-14/h7H,2-6H2,1H3,(H2-,17,19,21,22)/p+1. The van der Waals surface area contributed by atoms with Crippen molar-refractivity contribution in [2.45, 2.75) is 32.1 Å². The van der Waals surface area contributed by atoms with Gasteiger partial charge in [0.15, 0.2) is 7.05 Å². The first kappa shape index (κ1) is 15.1. The summed E-state index contributed by atoms with van der Waals surface area (Å²) in [7, 11) is 1.54. The van der Waals surface area contributed by atoms with Crippen LogP contribution in [0.3, 0.4) is 0 Å². The Morgan fingerprint density at radius 2 is 2.17 bits per heavy atom. The quantitative estimate of drug-likeness (QED) is 0.416. The van der Waals surface area contributed by atoms with Gasteiger partial charge in [0.25, 0.3) is 5.78 Å². The number of nitrogen functional groups attached to an aromatic ring is 1. The number of thiophene rings is 1. The molecule has 0 unspecified atom stereocenters. The number of pyridine rings is 1. The first-order valence-electron chi connectivity index (χ1n) is 7.89. The van der Waals surface area contributed by atoms with Gasteiger partial charge in [-0.2, -0.15) is 0 Å². The van der Waals surface area contributed by atoms with E-state index in [1.807, 2.05) is 0 Å². The summed E-state index contributed by atoms with van der Waals surface area (Å²) in [4.78, 5) is 30.3. The molecule has 0 aromatic carbocycles. The van der Waals surface area contributed by atoms with Gasteiger partial charge in [-0.3, -0.25) is 9.32 Å². The molecule has 124 valence electrons. The zero-order valence-electron chi connectivity index (χ0n) is 13.2.